The zero-order valence-corrected chi connectivity index (χ0v) is 15.1. The Hall–Kier alpha value is -3.14. The van der Waals surface area contributed by atoms with E-state index in [0.717, 1.165) is 27.9 Å². The van der Waals surface area contributed by atoms with Gasteiger partial charge < -0.3 is 4.57 Å². The number of allylic oxidation sites excluding steroid dienone is 1. The molecule has 0 aliphatic carbocycles. The molecule has 0 bridgehead atoms. The quantitative estimate of drug-likeness (QED) is 0.525. The van der Waals surface area contributed by atoms with Crippen LogP contribution in [0.25, 0.3) is 16.8 Å². The highest BCUT2D eigenvalue weighted by atomic mass is 16.1. The second-order valence-electron chi connectivity index (χ2n) is 6.67. The zero-order valence-electron chi connectivity index (χ0n) is 15.1. The van der Waals surface area contributed by atoms with Crippen molar-refractivity contribution < 1.29 is 0 Å². The Bertz CT molecular complexity index is 1200. The van der Waals surface area contributed by atoms with E-state index in [0.29, 0.717) is 18.7 Å². The van der Waals surface area contributed by atoms with E-state index in [4.69, 9.17) is 4.98 Å². The molecule has 4 nitrogen and oxygen atoms in total. The summed E-state index contributed by atoms with van der Waals surface area (Å²) in [6.07, 6.45) is 2.44. The number of hydrogen-bond acceptors (Lipinski definition) is 2. The van der Waals surface area contributed by atoms with Crippen molar-refractivity contribution in [3.63, 3.8) is 0 Å². The molecule has 26 heavy (non-hydrogen) atoms. The van der Waals surface area contributed by atoms with Gasteiger partial charge in [-0.15, -0.1) is 6.58 Å². The third-order valence-electron chi connectivity index (χ3n) is 4.86. The number of benzene rings is 2. The number of hydrogen-bond donors (Lipinski definition) is 0. The molecule has 4 heteroatoms. The van der Waals surface area contributed by atoms with Crippen LogP contribution in [0.15, 0.2) is 66.0 Å². The van der Waals surface area contributed by atoms with Gasteiger partial charge in [0.05, 0.1) is 11.0 Å². The van der Waals surface area contributed by atoms with Crippen LogP contribution < -0.4 is 5.56 Å². The van der Waals surface area contributed by atoms with Crippen molar-refractivity contribution in [2.75, 3.05) is 0 Å². The highest BCUT2D eigenvalue weighted by molar-refractivity contribution is 5.79. The van der Waals surface area contributed by atoms with E-state index in [9.17, 15) is 4.79 Å². The van der Waals surface area contributed by atoms with Crippen molar-refractivity contribution in [2.24, 2.45) is 0 Å². The second-order valence-corrected chi connectivity index (χ2v) is 6.67. The van der Waals surface area contributed by atoms with Crippen molar-refractivity contribution >= 4 is 16.8 Å². The Morgan fingerprint density at radius 3 is 2.69 bits per heavy atom. The number of aromatic nitrogens is 3. The summed E-state index contributed by atoms with van der Waals surface area (Å²) in [4.78, 5) is 18.0. The molecule has 2 heterocycles. The SMILES string of the molecule is C=CCn1c(C)c(Cc2cccc(C)c2)c(=O)n2c3ccccc3nc12. The van der Waals surface area contributed by atoms with Gasteiger partial charge >= 0.3 is 0 Å². The first-order valence-electron chi connectivity index (χ1n) is 8.76. The molecule has 0 N–H and O–H groups in total. The lowest BCUT2D eigenvalue weighted by Crippen LogP contribution is -2.25. The predicted octanol–water partition coefficient (Wildman–Crippen LogP) is 4.04. The molecule has 0 amide bonds. The fourth-order valence-electron chi connectivity index (χ4n) is 3.57. The summed E-state index contributed by atoms with van der Waals surface area (Å²) in [5.41, 5.74) is 5.76. The number of aryl methyl sites for hydroxylation is 1. The Labute approximate surface area is 152 Å². The van der Waals surface area contributed by atoms with E-state index in [2.05, 4.69) is 36.3 Å². The molecule has 0 atom stereocenters. The maximum absolute atomic E-state index is 13.4. The number of rotatable bonds is 4. The molecule has 4 aromatic rings. The van der Waals surface area contributed by atoms with Gasteiger partial charge in [-0.25, -0.2) is 9.38 Å². The summed E-state index contributed by atoms with van der Waals surface area (Å²) < 4.78 is 3.80. The molecule has 0 aliphatic heterocycles. The maximum Gasteiger partial charge on any atom is 0.263 e. The molecular formula is C22H21N3O. The fourth-order valence-corrected chi connectivity index (χ4v) is 3.57. The lowest BCUT2D eigenvalue weighted by molar-refractivity contribution is 0.752. The first kappa shape index (κ1) is 16.3. The number of imidazole rings is 1. The van der Waals surface area contributed by atoms with Crippen LogP contribution >= 0.6 is 0 Å². The molecule has 0 radical (unpaired) electrons. The normalized spacial score (nSPS) is 11.3. The third kappa shape index (κ3) is 2.54. The standard InChI is InChI=1S/C22H21N3O/c1-4-12-24-16(3)18(14-17-9-7-8-15(2)13-17)21(26)25-20-11-6-5-10-19(20)23-22(24)25/h4-11,13H,1,12,14H2,2-3H3. The van der Waals surface area contributed by atoms with Crippen LogP contribution in [0.5, 0.6) is 0 Å². The first-order valence-corrected chi connectivity index (χ1v) is 8.76. The largest absolute Gasteiger partial charge is 0.311 e. The van der Waals surface area contributed by atoms with E-state index in [1.807, 2.05) is 43.3 Å². The molecule has 2 aromatic carbocycles. The van der Waals surface area contributed by atoms with Gasteiger partial charge in [-0.05, 0) is 31.5 Å². The first-order chi connectivity index (χ1) is 12.6. The number of para-hydroxylation sites is 2. The predicted molar refractivity (Wildman–Crippen MR) is 106 cm³/mol. The van der Waals surface area contributed by atoms with Gasteiger partial charge in [0.2, 0.25) is 5.78 Å². The average Bonchev–Trinajstić information content (AvgIpc) is 3.02. The van der Waals surface area contributed by atoms with Gasteiger partial charge in [-0.1, -0.05) is 48.0 Å². The number of nitrogens with zero attached hydrogens (tertiary/aromatic N) is 3. The van der Waals surface area contributed by atoms with E-state index >= 15 is 0 Å². The molecule has 4 rings (SSSR count). The summed E-state index contributed by atoms with van der Waals surface area (Å²) in [5.74, 6) is 0.668. The summed E-state index contributed by atoms with van der Waals surface area (Å²) in [5, 5.41) is 0. The summed E-state index contributed by atoms with van der Waals surface area (Å²) in [6.45, 7) is 8.54. The summed E-state index contributed by atoms with van der Waals surface area (Å²) in [7, 11) is 0. The van der Waals surface area contributed by atoms with Gasteiger partial charge in [0.15, 0.2) is 0 Å². The van der Waals surface area contributed by atoms with Crippen molar-refractivity contribution in [3.8, 4) is 0 Å². The van der Waals surface area contributed by atoms with Gasteiger partial charge in [0.25, 0.3) is 5.56 Å². The minimum absolute atomic E-state index is 0.00742. The van der Waals surface area contributed by atoms with E-state index in [1.165, 1.54) is 5.56 Å². The molecule has 130 valence electrons. The van der Waals surface area contributed by atoms with Crippen molar-refractivity contribution in [3.05, 3.63) is 93.9 Å². The van der Waals surface area contributed by atoms with E-state index in [1.54, 1.807) is 4.40 Å². The molecule has 0 aliphatic rings. The van der Waals surface area contributed by atoms with Crippen LogP contribution in [0, 0.1) is 13.8 Å². The summed E-state index contributed by atoms with van der Waals surface area (Å²) >= 11 is 0. The zero-order chi connectivity index (χ0) is 18.3. The summed E-state index contributed by atoms with van der Waals surface area (Å²) in [6, 6.07) is 16.1. The minimum Gasteiger partial charge on any atom is -0.311 e. The van der Waals surface area contributed by atoms with Crippen molar-refractivity contribution in [1.82, 2.24) is 14.0 Å². The minimum atomic E-state index is 0.00742. The highest BCUT2D eigenvalue weighted by Gasteiger charge is 2.17. The van der Waals surface area contributed by atoms with Crippen molar-refractivity contribution in [2.45, 2.75) is 26.8 Å². The van der Waals surface area contributed by atoms with Gasteiger partial charge in [0, 0.05) is 24.2 Å². The maximum atomic E-state index is 13.4. The van der Waals surface area contributed by atoms with Gasteiger partial charge in [-0.3, -0.25) is 4.79 Å². The Balaban J connectivity index is 2.04. The fraction of sp³-hybridized carbons (Fsp3) is 0.182. The molecule has 2 aromatic heterocycles. The Morgan fingerprint density at radius 1 is 1.12 bits per heavy atom. The van der Waals surface area contributed by atoms with Crippen LogP contribution in [-0.2, 0) is 13.0 Å². The number of fused-ring (bicyclic) bond motifs is 3. The monoisotopic (exact) mass is 343 g/mol. The molecule has 0 saturated carbocycles. The second kappa shape index (κ2) is 6.30. The highest BCUT2D eigenvalue weighted by Crippen LogP contribution is 2.19. The van der Waals surface area contributed by atoms with Crippen LogP contribution in [0.2, 0.25) is 0 Å². The topological polar surface area (TPSA) is 39.3 Å². The average molecular weight is 343 g/mol. The van der Waals surface area contributed by atoms with Crippen LogP contribution in [-0.4, -0.2) is 14.0 Å². The Morgan fingerprint density at radius 2 is 1.92 bits per heavy atom. The molecule has 0 spiro atoms. The van der Waals surface area contributed by atoms with Crippen LogP contribution in [0.3, 0.4) is 0 Å². The van der Waals surface area contributed by atoms with Crippen LogP contribution in [0.1, 0.15) is 22.4 Å². The van der Waals surface area contributed by atoms with Gasteiger partial charge in [-0.2, -0.15) is 0 Å². The van der Waals surface area contributed by atoms with Crippen molar-refractivity contribution in [1.29, 1.82) is 0 Å². The lowest BCUT2D eigenvalue weighted by Gasteiger charge is -2.15. The third-order valence-corrected chi connectivity index (χ3v) is 4.86. The Kier molecular flexibility index (Phi) is 3.96. The molecule has 0 unspecified atom stereocenters. The molecular weight excluding hydrogens is 322 g/mol. The van der Waals surface area contributed by atoms with Crippen LogP contribution in [0.4, 0.5) is 0 Å². The lowest BCUT2D eigenvalue weighted by atomic mass is 10.0. The smallest absolute Gasteiger partial charge is 0.263 e. The molecule has 0 saturated heterocycles. The van der Waals surface area contributed by atoms with E-state index in [-0.39, 0.29) is 5.56 Å². The van der Waals surface area contributed by atoms with Gasteiger partial charge in [0.1, 0.15) is 0 Å². The van der Waals surface area contributed by atoms with E-state index < -0.39 is 0 Å². The molecule has 0 fully saturated rings.